The van der Waals surface area contributed by atoms with E-state index in [1.165, 1.54) is 12.1 Å². The van der Waals surface area contributed by atoms with Crippen LogP contribution in [0.5, 0.6) is 0 Å². The molecule has 108 valence electrons. The van der Waals surface area contributed by atoms with Crippen molar-refractivity contribution in [3.8, 4) is 0 Å². The Morgan fingerprint density at radius 2 is 2.10 bits per heavy atom. The van der Waals surface area contributed by atoms with Gasteiger partial charge in [0.1, 0.15) is 11.9 Å². The number of carbonyl (C=O) groups is 1. The average molecular weight is 305 g/mol. The zero-order valence-corrected chi connectivity index (χ0v) is 12.0. The fourth-order valence-corrected chi connectivity index (χ4v) is 2.69. The molecule has 0 spiro atoms. The predicted molar refractivity (Wildman–Crippen MR) is 80.9 cm³/mol. The molecule has 0 aliphatic carbocycles. The molecule has 0 saturated heterocycles. The summed E-state index contributed by atoms with van der Waals surface area (Å²) in [6.07, 6.45) is 0.884. The predicted octanol–water partition coefficient (Wildman–Crippen LogP) is 3.30. The number of benzene rings is 2. The third-order valence-corrected chi connectivity index (χ3v) is 3.80. The first kappa shape index (κ1) is 14.0. The average Bonchev–Trinajstić information content (AvgIpc) is 2.49. The molecule has 5 heteroatoms. The largest absolute Gasteiger partial charge is 0.322 e. The van der Waals surface area contributed by atoms with Crippen molar-refractivity contribution in [2.24, 2.45) is 0 Å². The molecule has 1 atom stereocenters. The van der Waals surface area contributed by atoms with Gasteiger partial charge in [-0.05, 0) is 35.7 Å². The highest BCUT2D eigenvalue weighted by Crippen LogP contribution is 2.25. The number of anilines is 1. The highest BCUT2D eigenvalue weighted by atomic mass is 35.5. The monoisotopic (exact) mass is 304 g/mol. The van der Waals surface area contributed by atoms with E-state index in [9.17, 15) is 9.18 Å². The maximum Gasteiger partial charge on any atom is 0.246 e. The summed E-state index contributed by atoms with van der Waals surface area (Å²) < 4.78 is 13.8. The van der Waals surface area contributed by atoms with E-state index in [1.807, 2.05) is 24.3 Å². The quantitative estimate of drug-likeness (QED) is 0.894. The topological polar surface area (TPSA) is 41.1 Å². The van der Waals surface area contributed by atoms with E-state index in [0.717, 1.165) is 24.1 Å². The van der Waals surface area contributed by atoms with Crippen LogP contribution in [0.25, 0.3) is 0 Å². The second kappa shape index (κ2) is 5.84. The first-order valence-electron chi connectivity index (χ1n) is 6.72. The van der Waals surface area contributed by atoms with Crippen molar-refractivity contribution in [1.82, 2.24) is 5.32 Å². The maximum absolute atomic E-state index is 13.8. The van der Waals surface area contributed by atoms with Crippen molar-refractivity contribution in [3.05, 3.63) is 64.4 Å². The van der Waals surface area contributed by atoms with Gasteiger partial charge in [-0.15, -0.1) is 0 Å². The van der Waals surface area contributed by atoms with Gasteiger partial charge in [0.2, 0.25) is 5.91 Å². The number of nitrogens with one attached hydrogen (secondary N) is 2. The van der Waals surface area contributed by atoms with Crippen LogP contribution in [0.3, 0.4) is 0 Å². The van der Waals surface area contributed by atoms with Crippen LogP contribution in [0.4, 0.5) is 10.1 Å². The normalized spacial score (nSPS) is 17.1. The number of carbonyl (C=O) groups excluding carboxylic acids is 1. The summed E-state index contributed by atoms with van der Waals surface area (Å²) in [6.45, 7) is 0.720. The van der Waals surface area contributed by atoms with Crippen molar-refractivity contribution in [1.29, 1.82) is 0 Å². The molecule has 0 bridgehead atoms. The van der Waals surface area contributed by atoms with Crippen LogP contribution in [0.15, 0.2) is 42.5 Å². The van der Waals surface area contributed by atoms with Gasteiger partial charge in [0.25, 0.3) is 0 Å². The third-order valence-electron chi connectivity index (χ3n) is 3.56. The van der Waals surface area contributed by atoms with Crippen LogP contribution < -0.4 is 10.6 Å². The van der Waals surface area contributed by atoms with E-state index in [1.54, 1.807) is 6.07 Å². The van der Waals surface area contributed by atoms with Crippen LogP contribution in [0.1, 0.15) is 17.2 Å². The number of halogens is 2. The van der Waals surface area contributed by atoms with Crippen LogP contribution in [-0.4, -0.2) is 12.5 Å². The van der Waals surface area contributed by atoms with Gasteiger partial charge in [0.15, 0.2) is 0 Å². The molecule has 1 unspecified atom stereocenters. The van der Waals surface area contributed by atoms with Gasteiger partial charge in [0, 0.05) is 11.6 Å². The number of hydrogen-bond donors (Lipinski definition) is 2. The zero-order valence-electron chi connectivity index (χ0n) is 11.2. The third kappa shape index (κ3) is 2.91. The SMILES string of the molecule is O=C(Nc1ccc(Cl)cc1F)C1NCCc2ccccc21. The lowest BCUT2D eigenvalue weighted by atomic mass is 9.94. The van der Waals surface area contributed by atoms with Crippen LogP contribution >= 0.6 is 11.6 Å². The summed E-state index contributed by atoms with van der Waals surface area (Å²) in [6, 6.07) is 11.5. The summed E-state index contributed by atoms with van der Waals surface area (Å²) >= 11 is 5.70. The Labute approximate surface area is 127 Å². The summed E-state index contributed by atoms with van der Waals surface area (Å²) in [5.41, 5.74) is 2.22. The summed E-state index contributed by atoms with van der Waals surface area (Å²) in [4.78, 5) is 12.4. The second-order valence-corrected chi connectivity index (χ2v) is 5.39. The van der Waals surface area contributed by atoms with E-state index in [0.29, 0.717) is 5.02 Å². The molecule has 3 rings (SSSR count). The van der Waals surface area contributed by atoms with Gasteiger partial charge in [-0.3, -0.25) is 4.79 Å². The molecular weight excluding hydrogens is 291 g/mol. The minimum atomic E-state index is -0.542. The first-order valence-corrected chi connectivity index (χ1v) is 7.10. The van der Waals surface area contributed by atoms with E-state index in [-0.39, 0.29) is 11.6 Å². The molecule has 2 aromatic carbocycles. The minimum Gasteiger partial charge on any atom is -0.322 e. The molecule has 2 N–H and O–H groups in total. The van der Waals surface area contributed by atoms with Crippen LogP contribution in [-0.2, 0) is 11.2 Å². The van der Waals surface area contributed by atoms with Crippen molar-refractivity contribution < 1.29 is 9.18 Å². The lowest BCUT2D eigenvalue weighted by Crippen LogP contribution is -2.38. The lowest BCUT2D eigenvalue weighted by molar-refractivity contribution is -0.118. The van der Waals surface area contributed by atoms with Crippen molar-refractivity contribution in [2.45, 2.75) is 12.5 Å². The Morgan fingerprint density at radius 1 is 1.29 bits per heavy atom. The molecule has 0 aromatic heterocycles. The molecule has 2 aromatic rings. The Balaban J connectivity index is 1.83. The number of amides is 1. The standard InChI is InChI=1S/C16H14ClFN2O/c17-11-5-6-14(13(18)9-11)20-16(21)15-12-4-2-1-3-10(12)7-8-19-15/h1-6,9,15,19H,7-8H2,(H,20,21). The second-order valence-electron chi connectivity index (χ2n) is 4.95. The lowest BCUT2D eigenvalue weighted by Gasteiger charge is -2.26. The fraction of sp³-hybridized carbons (Fsp3) is 0.188. The van der Waals surface area contributed by atoms with E-state index in [4.69, 9.17) is 11.6 Å². The first-order chi connectivity index (χ1) is 10.1. The molecule has 0 saturated carbocycles. The Kier molecular flexibility index (Phi) is 3.90. The van der Waals surface area contributed by atoms with Gasteiger partial charge < -0.3 is 10.6 Å². The molecule has 1 aliphatic heterocycles. The summed E-state index contributed by atoms with van der Waals surface area (Å²) in [5, 5.41) is 6.08. The molecule has 0 fully saturated rings. The maximum atomic E-state index is 13.8. The van der Waals surface area contributed by atoms with Gasteiger partial charge in [-0.2, -0.15) is 0 Å². The zero-order chi connectivity index (χ0) is 14.8. The van der Waals surface area contributed by atoms with Crippen molar-refractivity contribution in [2.75, 3.05) is 11.9 Å². The number of fused-ring (bicyclic) bond motifs is 1. The summed E-state index contributed by atoms with van der Waals surface area (Å²) in [5.74, 6) is -0.816. The Bertz CT molecular complexity index is 690. The van der Waals surface area contributed by atoms with Gasteiger partial charge in [0.05, 0.1) is 5.69 Å². The molecule has 1 heterocycles. The molecule has 21 heavy (non-hydrogen) atoms. The van der Waals surface area contributed by atoms with Crippen LogP contribution in [0.2, 0.25) is 5.02 Å². The fourth-order valence-electron chi connectivity index (χ4n) is 2.53. The molecule has 1 aliphatic rings. The summed E-state index contributed by atoms with van der Waals surface area (Å²) in [7, 11) is 0. The van der Waals surface area contributed by atoms with Gasteiger partial charge in [-0.25, -0.2) is 4.39 Å². The molecule has 3 nitrogen and oxygen atoms in total. The number of hydrogen-bond acceptors (Lipinski definition) is 2. The molecule has 0 radical (unpaired) electrons. The smallest absolute Gasteiger partial charge is 0.246 e. The van der Waals surface area contributed by atoms with E-state index < -0.39 is 11.9 Å². The highest BCUT2D eigenvalue weighted by molar-refractivity contribution is 6.30. The Hall–Kier alpha value is -1.91. The van der Waals surface area contributed by atoms with E-state index in [2.05, 4.69) is 10.6 Å². The number of rotatable bonds is 2. The van der Waals surface area contributed by atoms with Gasteiger partial charge in [-0.1, -0.05) is 35.9 Å². The van der Waals surface area contributed by atoms with Gasteiger partial charge >= 0.3 is 0 Å². The molecule has 1 amide bonds. The highest BCUT2D eigenvalue weighted by Gasteiger charge is 2.26. The van der Waals surface area contributed by atoms with E-state index >= 15 is 0 Å². The van der Waals surface area contributed by atoms with Crippen molar-refractivity contribution >= 4 is 23.2 Å². The van der Waals surface area contributed by atoms with Crippen molar-refractivity contribution in [3.63, 3.8) is 0 Å². The molecular formula is C16H14ClFN2O. The Morgan fingerprint density at radius 3 is 2.90 bits per heavy atom. The van der Waals surface area contributed by atoms with Crippen LogP contribution in [0, 0.1) is 5.82 Å². The minimum absolute atomic E-state index is 0.134.